The Bertz CT molecular complexity index is 1040. The van der Waals surface area contributed by atoms with Crippen LogP contribution in [0.1, 0.15) is 23.6 Å². The van der Waals surface area contributed by atoms with Crippen molar-refractivity contribution in [3.63, 3.8) is 0 Å². The van der Waals surface area contributed by atoms with Crippen molar-refractivity contribution in [1.82, 2.24) is 14.8 Å². The van der Waals surface area contributed by atoms with Crippen molar-refractivity contribution in [2.75, 3.05) is 36.5 Å². The van der Waals surface area contributed by atoms with Gasteiger partial charge in [0.1, 0.15) is 0 Å². The first-order valence-corrected chi connectivity index (χ1v) is 11.7. The predicted molar refractivity (Wildman–Crippen MR) is 128 cm³/mol. The smallest absolute Gasteiger partial charge is 0.237 e. The van der Waals surface area contributed by atoms with Crippen LogP contribution in [-0.2, 0) is 16.1 Å². The summed E-state index contributed by atoms with van der Waals surface area (Å²) in [7, 11) is 0. The van der Waals surface area contributed by atoms with Crippen molar-refractivity contribution in [3.05, 3.63) is 65.2 Å². The summed E-state index contributed by atoms with van der Waals surface area (Å²) in [5.74, 6) is 0.775. The van der Waals surface area contributed by atoms with Crippen LogP contribution in [0.15, 0.2) is 53.7 Å². The molecule has 1 amide bonds. The van der Waals surface area contributed by atoms with E-state index in [0.29, 0.717) is 19.8 Å². The van der Waals surface area contributed by atoms with Gasteiger partial charge in [-0.05, 0) is 37.5 Å². The van der Waals surface area contributed by atoms with E-state index in [2.05, 4.69) is 37.1 Å². The van der Waals surface area contributed by atoms with Crippen molar-refractivity contribution in [2.45, 2.75) is 37.7 Å². The number of nitrogens with one attached hydrogen (secondary N) is 1. The normalized spacial score (nSPS) is 14.9. The maximum atomic E-state index is 13.0. The van der Waals surface area contributed by atoms with Crippen molar-refractivity contribution in [1.29, 1.82) is 0 Å². The van der Waals surface area contributed by atoms with E-state index in [0.717, 1.165) is 46.6 Å². The van der Waals surface area contributed by atoms with Gasteiger partial charge in [-0.1, -0.05) is 60.3 Å². The minimum Gasteiger partial charge on any atom is -0.378 e. The quantitative estimate of drug-likeness (QED) is 0.550. The lowest BCUT2D eigenvalue weighted by molar-refractivity contribution is -0.115. The van der Waals surface area contributed by atoms with E-state index < -0.39 is 0 Å². The fraction of sp³-hybridized carbons (Fsp3) is 0.375. The fourth-order valence-electron chi connectivity index (χ4n) is 3.72. The van der Waals surface area contributed by atoms with Gasteiger partial charge < -0.3 is 15.0 Å². The Morgan fingerprint density at radius 2 is 1.75 bits per heavy atom. The molecule has 3 aromatic rings. The van der Waals surface area contributed by atoms with Gasteiger partial charge in [0, 0.05) is 18.8 Å². The molecule has 1 fully saturated rings. The van der Waals surface area contributed by atoms with Crippen LogP contribution in [0.2, 0.25) is 0 Å². The van der Waals surface area contributed by atoms with Crippen LogP contribution in [0.4, 0.5) is 11.6 Å². The van der Waals surface area contributed by atoms with Crippen molar-refractivity contribution < 1.29 is 9.53 Å². The van der Waals surface area contributed by atoms with Crippen molar-refractivity contribution >= 4 is 29.3 Å². The molecule has 1 aliphatic rings. The van der Waals surface area contributed by atoms with Crippen LogP contribution in [0.5, 0.6) is 0 Å². The Morgan fingerprint density at radius 3 is 2.44 bits per heavy atom. The molecule has 7 nitrogen and oxygen atoms in total. The number of anilines is 2. The Hall–Kier alpha value is -2.84. The van der Waals surface area contributed by atoms with Crippen LogP contribution in [-0.4, -0.2) is 52.2 Å². The summed E-state index contributed by atoms with van der Waals surface area (Å²) in [4.78, 5) is 15.2. The molecule has 2 heterocycles. The number of morpholine rings is 1. The number of benzene rings is 2. The maximum absolute atomic E-state index is 13.0. The Kier molecular flexibility index (Phi) is 7.12. The van der Waals surface area contributed by atoms with Crippen molar-refractivity contribution in [3.8, 4) is 0 Å². The molecular formula is C24H29N5O2S. The zero-order valence-corrected chi connectivity index (χ0v) is 19.6. The number of nitrogens with zero attached hydrogens (tertiary/aromatic N) is 4. The summed E-state index contributed by atoms with van der Waals surface area (Å²) >= 11 is 1.43. The Labute approximate surface area is 193 Å². The second-order valence-corrected chi connectivity index (χ2v) is 9.28. The third-order valence-electron chi connectivity index (χ3n) is 5.56. The monoisotopic (exact) mass is 451 g/mol. The largest absolute Gasteiger partial charge is 0.378 e. The number of carbonyl (C=O) groups excluding carboxylic acids is 1. The molecule has 0 aliphatic carbocycles. The van der Waals surface area contributed by atoms with Crippen LogP contribution in [0.25, 0.3) is 0 Å². The third kappa shape index (κ3) is 5.14. The van der Waals surface area contributed by atoms with Gasteiger partial charge in [-0.25, -0.2) is 0 Å². The molecule has 0 saturated carbocycles. The minimum atomic E-state index is -0.328. The number of ether oxygens (including phenoxy) is 1. The number of thioether (sulfide) groups is 1. The lowest BCUT2D eigenvalue weighted by Gasteiger charge is -2.28. The molecule has 1 unspecified atom stereocenters. The second kappa shape index (κ2) is 10.2. The summed E-state index contributed by atoms with van der Waals surface area (Å²) < 4.78 is 7.61. The SMILES string of the molecule is Cc1cccc(C)c1NC(=O)C(C)Sc1nnc(N2CCOCC2)n1Cc1ccccc1. The summed E-state index contributed by atoms with van der Waals surface area (Å²) in [5.41, 5.74) is 4.15. The minimum absolute atomic E-state index is 0.0467. The highest BCUT2D eigenvalue weighted by Crippen LogP contribution is 2.28. The molecule has 1 aliphatic heterocycles. The standard InChI is InChI=1S/C24H29N5O2S/c1-17-8-7-9-18(2)21(17)25-22(30)19(3)32-24-27-26-23(28-12-14-31-15-13-28)29(24)16-20-10-5-4-6-11-20/h4-11,19H,12-16H2,1-3H3,(H,25,30). The number of amides is 1. The summed E-state index contributed by atoms with van der Waals surface area (Å²) in [6.07, 6.45) is 0. The topological polar surface area (TPSA) is 72.3 Å². The second-order valence-electron chi connectivity index (χ2n) is 7.97. The molecule has 0 bridgehead atoms. The molecule has 32 heavy (non-hydrogen) atoms. The van der Waals surface area contributed by atoms with Gasteiger partial charge in [0.25, 0.3) is 0 Å². The van der Waals surface area contributed by atoms with Gasteiger partial charge in [-0.3, -0.25) is 9.36 Å². The van der Waals surface area contributed by atoms with Gasteiger partial charge in [0.05, 0.1) is 25.0 Å². The molecule has 0 radical (unpaired) electrons. The van der Waals surface area contributed by atoms with Gasteiger partial charge >= 0.3 is 0 Å². The highest BCUT2D eigenvalue weighted by Gasteiger charge is 2.24. The van der Waals surface area contributed by atoms with E-state index in [1.165, 1.54) is 11.8 Å². The third-order valence-corrected chi connectivity index (χ3v) is 6.64. The first-order chi connectivity index (χ1) is 15.5. The highest BCUT2D eigenvalue weighted by atomic mass is 32.2. The highest BCUT2D eigenvalue weighted by molar-refractivity contribution is 8.00. The van der Waals surface area contributed by atoms with Gasteiger partial charge in [-0.2, -0.15) is 0 Å². The average Bonchev–Trinajstić information content (AvgIpc) is 3.19. The molecule has 1 aromatic heterocycles. The van der Waals surface area contributed by atoms with Crippen LogP contribution in [0, 0.1) is 13.8 Å². The average molecular weight is 452 g/mol. The van der Waals surface area contributed by atoms with E-state index in [9.17, 15) is 4.79 Å². The molecule has 2 aromatic carbocycles. The molecule has 1 atom stereocenters. The molecule has 4 rings (SSSR count). The summed E-state index contributed by atoms with van der Waals surface area (Å²) in [5, 5.41) is 12.5. The van der Waals surface area contributed by atoms with Crippen molar-refractivity contribution in [2.24, 2.45) is 0 Å². The van der Waals surface area contributed by atoms with E-state index in [-0.39, 0.29) is 11.2 Å². The number of carbonyl (C=O) groups is 1. The summed E-state index contributed by atoms with van der Waals surface area (Å²) in [6.45, 7) is 9.47. The number of para-hydroxylation sites is 1. The Morgan fingerprint density at radius 1 is 1.06 bits per heavy atom. The predicted octanol–water partition coefficient (Wildman–Crippen LogP) is 3.90. The zero-order valence-electron chi connectivity index (χ0n) is 18.7. The number of rotatable bonds is 7. The first kappa shape index (κ1) is 22.4. The number of aryl methyl sites for hydroxylation is 2. The van der Waals surface area contributed by atoms with Gasteiger partial charge in [-0.15, -0.1) is 10.2 Å². The number of hydrogen-bond acceptors (Lipinski definition) is 6. The van der Waals surface area contributed by atoms with E-state index in [1.807, 2.05) is 57.2 Å². The molecule has 1 N–H and O–H groups in total. The van der Waals surface area contributed by atoms with Crippen LogP contribution >= 0.6 is 11.8 Å². The Balaban J connectivity index is 1.55. The zero-order chi connectivity index (χ0) is 22.5. The molecule has 0 spiro atoms. The maximum Gasteiger partial charge on any atom is 0.237 e. The number of aromatic nitrogens is 3. The van der Waals surface area contributed by atoms with Gasteiger partial charge in [0.2, 0.25) is 11.9 Å². The fourth-order valence-corrected chi connectivity index (χ4v) is 4.56. The van der Waals surface area contributed by atoms with E-state index in [1.54, 1.807) is 0 Å². The molecule has 168 valence electrons. The lowest BCUT2D eigenvalue weighted by Crippen LogP contribution is -2.38. The van der Waals surface area contributed by atoms with E-state index in [4.69, 9.17) is 4.74 Å². The molecule has 1 saturated heterocycles. The number of hydrogen-bond donors (Lipinski definition) is 1. The summed E-state index contributed by atoms with van der Waals surface area (Å²) in [6, 6.07) is 16.3. The van der Waals surface area contributed by atoms with Crippen LogP contribution in [0.3, 0.4) is 0 Å². The molecular weight excluding hydrogens is 422 g/mol. The van der Waals surface area contributed by atoms with E-state index >= 15 is 0 Å². The van der Waals surface area contributed by atoms with Crippen LogP contribution < -0.4 is 10.2 Å². The first-order valence-electron chi connectivity index (χ1n) is 10.9. The van der Waals surface area contributed by atoms with Gasteiger partial charge in [0.15, 0.2) is 5.16 Å². The lowest BCUT2D eigenvalue weighted by atomic mass is 10.1. The molecule has 8 heteroatoms.